The molecule has 10 amide bonds. The Morgan fingerprint density at radius 2 is 0.610 bits per heavy atom. The van der Waals surface area contributed by atoms with Gasteiger partial charge in [-0.15, -0.1) is 8.58 Å². The molecule has 11 unspecified atom stereocenters. The summed E-state index contributed by atoms with van der Waals surface area (Å²) < 4.78 is 0. The van der Waals surface area contributed by atoms with Crippen molar-refractivity contribution in [1.82, 2.24) is 49.4 Å². The first-order valence-corrected chi connectivity index (χ1v) is 31.2. The maximum atomic E-state index is 14.6. The van der Waals surface area contributed by atoms with Crippen molar-refractivity contribution in [1.29, 1.82) is 0 Å². The number of nitrogens with two attached hydrogens (primary N) is 1. The number of carbonyl (C=O) groups excluding carboxylic acids is 10. The Hall–Kier alpha value is -5.03. The highest BCUT2D eigenvalue weighted by Gasteiger charge is 2.35. The number of primary amides is 1. The zero-order chi connectivity index (χ0) is 63.3. The summed E-state index contributed by atoms with van der Waals surface area (Å²) in [5.74, 6) is -5.99. The molecule has 0 saturated heterocycles. The highest BCUT2D eigenvalue weighted by molar-refractivity contribution is 7.37. The molecule has 0 aromatic heterocycles. The molecule has 0 fully saturated rings. The van der Waals surface area contributed by atoms with Crippen molar-refractivity contribution >= 4 is 67.7 Å². The molecule has 474 valence electrons. The molecule has 0 aliphatic rings. The van der Waals surface area contributed by atoms with Crippen LogP contribution in [0.5, 0.6) is 0 Å². The summed E-state index contributed by atoms with van der Waals surface area (Å²) in [7, 11) is 0.369. The van der Waals surface area contributed by atoms with E-state index in [2.05, 4.69) is 5.32 Å². The largest absolute Gasteiger partial charge is 0.392 e. The molecule has 0 aliphatic carbocycles. The molecule has 24 nitrogen and oxygen atoms in total. The van der Waals surface area contributed by atoms with Gasteiger partial charge < -0.3 is 70.5 Å². The minimum Gasteiger partial charge on any atom is -0.392 e. The lowest BCUT2D eigenvalue weighted by molar-refractivity contribution is -0.151. The highest BCUT2D eigenvalue weighted by atomic mass is 31.1. The molecule has 0 bridgehead atoms. The van der Waals surface area contributed by atoms with Gasteiger partial charge in [-0.2, -0.15) is 0 Å². The minimum atomic E-state index is -1.13. The number of nitrogens with zero attached hydrogens (tertiary/aromatic N) is 9. The van der Waals surface area contributed by atoms with E-state index in [1.54, 1.807) is 41.5 Å². The Kier molecular flexibility index (Phi) is 37.1. The zero-order valence-corrected chi connectivity index (χ0v) is 53.9. The van der Waals surface area contributed by atoms with Crippen LogP contribution in [-0.2, 0) is 47.9 Å². The Morgan fingerprint density at radius 1 is 0.366 bits per heavy atom. The summed E-state index contributed by atoms with van der Waals surface area (Å²) in [6.07, 6.45) is -0.246. The molecule has 82 heavy (non-hydrogen) atoms. The lowest BCUT2D eigenvalue weighted by atomic mass is 10.1. The molecular weight excluding hydrogens is 1080 g/mol. The summed E-state index contributed by atoms with van der Waals surface area (Å²) >= 11 is 0. The van der Waals surface area contributed by atoms with Crippen LogP contribution in [0.25, 0.3) is 0 Å². The number of nitrogens with one attached hydrogen (secondary N) is 1. The van der Waals surface area contributed by atoms with Gasteiger partial charge in [0.05, 0.1) is 57.6 Å². The van der Waals surface area contributed by atoms with Crippen molar-refractivity contribution in [3.63, 3.8) is 0 Å². The third-order valence-corrected chi connectivity index (χ3v) is 16.3. The third-order valence-electron chi connectivity index (χ3n) is 15.1. The van der Waals surface area contributed by atoms with E-state index in [-0.39, 0.29) is 82.0 Å². The fourth-order valence-electron chi connectivity index (χ4n) is 8.62. The lowest BCUT2D eigenvalue weighted by Gasteiger charge is -2.37. The normalized spacial score (nSPS) is 15.1. The number of rotatable bonds is 41. The van der Waals surface area contributed by atoms with E-state index in [0.29, 0.717) is 40.7 Å². The van der Waals surface area contributed by atoms with Gasteiger partial charge in [0, 0.05) is 62.4 Å². The molecule has 0 aliphatic heterocycles. The molecule has 0 aromatic rings. The van der Waals surface area contributed by atoms with Crippen LogP contribution in [0.1, 0.15) is 149 Å². The van der Waals surface area contributed by atoms with Crippen LogP contribution in [-0.4, -0.2) is 277 Å². The monoisotopic (exact) mass is 1190 g/mol. The Morgan fingerprint density at radius 3 is 0.878 bits per heavy atom. The highest BCUT2D eigenvalue weighted by Crippen LogP contribution is 2.18. The van der Waals surface area contributed by atoms with Crippen molar-refractivity contribution in [3.8, 4) is 0 Å². The summed E-state index contributed by atoms with van der Waals surface area (Å²) in [6.45, 7) is 24.9. The summed E-state index contributed by atoms with van der Waals surface area (Å²) in [6, 6.07) is -2.20. The van der Waals surface area contributed by atoms with Crippen molar-refractivity contribution in [3.05, 3.63) is 0 Å². The van der Waals surface area contributed by atoms with Crippen molar-refractivity contribution < 1.29 is 63.3 Å². The Labute approximate surface area is 492 Å². The summed E-state index contributed by atoms with van der Waals surface area (Å²) in [5.41, 5.74) is 5.42. The van der Waals surface area contributed by atoms with Gasteiger partial charge in [0.15, 0.2) is 0 Å². The van der Waals surface area contributed by atoms with Crippen LogP contribution in [0.2, 0.25) is 0 Å². The summed E-state index contributed by atoms with van der Waals surface area (Å²) in [4.78, 5) is 151. The average Bonchev–Trinajstić information content (AvgIpc) is 3.53. The molecule has 6 N–H and O–H groups in total. The quantitative estimate of drug-likeness (QED) is 0.0537. The number of aliphatic hydroxyl groups is 3. The second-order valence-corrected chi connectivity index (χ2v) is 23.9. The van der Waals surface area contributed by atoms with Crippen LogP contribution < -0.4 is 11.1 Å². The van der Waals surface area contributed by atoms with Crippen LogP contribution >= 0.6 is 8.58 Å². The van der Waals surface area contributed by atoms with Crippen LogP contribution in [0.15, 0.2) is 0 Å². The third kappa shape index (κ3) is 27.6. The standard InChI is InChI=1S/C57H108N11O13P/c1-18-38(7)59-24-49(73)65(40(9)20-3)34-52(76)60(25-44(13)69)30-50(74)62(27-46(15)71)32-54(78)68(43(12)23-6)37-57(81)66(41(10)21-4)35-53(77)61(26-45(14)70)31-51(75)63(28-47(16)82-17)33-55(79)67(42(11)22-5)36-56(80)64(29-48(58)72)39(8)19-2/h38-47,59,69-71,82H,18-37H2,1-17H3,(H2,58,72). The number of hydrogen-bond donors (Lipinski definition) is 5. The molecule has 0 rings (SSSR count). The molecule has 25 heteroatoms. The van der Waals surface area contributed by atoms with E-state index in [1.165, 1.54) is 50.2 Å². The van der Waals surface area contributed by atoms with Gasteiger partial charge >= 0.3 is 0 Å². The maximum Gasteiger partial charge on any atom is 0.242 e. The second kappa shape index (κ2) is 39.5. The second-order valence-electron chi connectivity index (χ2n) is 22.4. The van der Waals surface area contributed by atoms with Crippen molar-refractivity contribution in [2.75, 3.05) is 98.3 Å². The predicted molar refractivity (Wildman–Crippen MR) is 319 cm³/mol. The first kappa shape index (κ1) is 77.0. The zero-order valence-electron chi connectivity index (χ0n) is 52.9. The molecule has 0 spiro atoms. The Bertz CT molecular complexity index is 2040. The molecule has 0 heterocycles. The van der Waals surface area contributed by atoms with E-state index in [9.17, 15) is 63.3 Å². The number of amides is 10. The van der Waals surface area contributed by atoms with Crippen LogP contribution in [0, 0.1) is 0 Å². The maximum absolute atomic E-state index is 14.6. The van der Waals surface area contributed by atoms with Crippen LogP contribution in [0.4, 0.5) is 0 Å². The van der Waals surface area contributed by atoms with E-state index in [1.807, 2.05) is 55.1 Å². The fraction of sp³-hybridized carbons (Fsp3) is 0.825. The average molecular weight is 1190 g/mol. The van der Waals surface area contributed by atoms with Gasteiger partial charge in [0.1, 0.15) is 26.2 Å². The Balaban J connectivity index is 6.94. The molecular formula is C57H108N11O13P. The molecule has 11 atom stereocenters. The van der Waals surface area contributed by atoms with Gasteiger partial charge in [0.2, 0.25) is 59.1 Å². The predicted octanol–water partition coefficient (Wildman–Crippen LogP) is 1.15. The minimum absolute atomic E-state index is 0.00958. The summed E-state index contributed by atoms with van der Waals surface area (Å²) in [5, 5.41) is 34.9. The van der Waals surface area contributed by atoms with E-state index in [0.717, 1.165) is 21.1 Å². The van der Waals surface area contributed by atoms with Crippen LogP contribution in [0.3, 0.4) is 0 Å². The van der Waals surface area contributed by atoms with Crippen molar-refractivity contribution in [2.45, 2.75) is 210 Å². The smallest absolute Gasteiger partial charge is 0.242 e. The van der Waals surface area contributed by atoms with Gasteiger partial charge in [-0.3, -0.25) is 47.9 Å². The molecule has 0 aromatic carbocycles. The number of aliphatic hydroxyl groups excluding tert-OH is 3. The SMILES string of the molecule is CCC(C)NCC(=O)N(CC(=O)N(CC(=O)N(CC(=O)N(CC(=O)N(CC(=O)N(CC(=O)N(CC(=O)N(CC(=O)N(CC(N)=O)C(C)CC)C(C)CC)CC(C)PC)CC(C)O)C(C)CC)C(C)CC)CC(C)O)CC(C)O)C(C)CC. The van der Waals surface area contributed by atoms with Gasteiger partial charge in [-0.1, -0.05) is 48.5 Å². The number of hydrogen-bond acceptors (Lipinski definition) is 14. The fourth-order valence-corrected chi connectivity index (χ4v) is 9.03. The topological polar surface area (TPSA) is 299 Å². The first-order valence-electron chi connectivity index (χ1n) is 29.6. The van der Waals surface area contributed by atoms with Crippen molar-refractivity contribution in [2.24, 2.45) is 5.73 Å². The van der Waals surface area contributed by atoms with Gasteiger partial charge in [-0.05, 0) is 113 Å². The number of carbonyl (C=O) groups is 10. The molecule has 0 saturated carbocycles. The van der Waals surface area contributed by atoms with E-state index >= 15 is 0 Å². The lowest BCUT2D eigenvalue weighted by Crippen LogP contribution is -2.56. The molecule has 0 radical (unpaired) electrons. The van der Waals surface area contributed by atoms with Gasteiger partial charge in [0.25, 0.3) is 0 Å². The van der Waals surface area contributed by atoms with E-state index in [4.69, 9.17) is 5.73 Å². The van der Waals surface area contributed by atoms with E-state index < -0.39 is 129 Å². The first-order chi connectivity index (χ1) is 38.3. The van der Waals surface area contributed by atoms with Gasteiger partial charge in [-0.25, -0.2) is 0 Å².